The molecule has 0 N–H and O–H groups in total. The average molecular weight is 210 g/mol. The Kier molecular flexibility index (Phi) is 3.36. The molecule has 2 saturated heterocycles. The minimum atomic E-state index is 0.397. The molecule has 0 aromatic heterocycles. The number of hydrogen-bond donors (Lipinski definition) is 0. The van der Waals surface area contributed by atoms with E-state index < -0.39 is 0 Å². The molecule has 2 rings (SSSR count). The van der Waals surface area contributed by atoms with E-state index in [2.05, 4.69) is 30.6 Å². The Morgan fingerprint density at radius 2 is 1.07 bits per heavy atom. The van der Waals surface area contributed by atoms with Crippen LogP contribution in [0, 0.1) is 5.41 Å². The summed E-state index contributed by atoms with van der Waals surface area (Å²) in [5, 5.41) is 0. The van der Waals surface area contributed by atoms with Crippen LogP contribution in [0.15, 0.2) is 0 Å². The second-order valence-electron chi connectivity index (χ2n) is 6.23. The fraction of sp³-hybridized carbons (Fsp3) is 1.00. The molecule has 0 aromatic rings. The Bertz CT molecular complexity index is 179. The molecule has 2 aliphatic rings. The van der Waals surface area contributed by atoms with Crippen molar-refractivity contribution in [2.75, 3.05) is 26.2 Å². The molecule has 0 radical (unpaired) electrons. The Hall–Kier alpha value is -0.0800. The molecule has 2 aliphatic heterocycles. The first-order chi connectivity index (χ1) is 7.09. The van der Waals surface area contributed by atoms with Gasteiger partial charge in [0.15, 0.2) is 0 Å². The fourth-order valence-corrected chi connectivity index (χ4v) is 3.30. The van der Waals surface area contributed by atoms with Gasteiger partial charge in [-0.2, -0.15) is 0 Å². The molecule has 15 heavy (non-hydrogen) atoms. The molecule has 88 valence electrons. The van der Waals surface area contributed by atoms with Gasteiger partial charge in [-0.1, -0.05) is 20.8 Å². The minimum Gasteiger partial charge on any atom is -0.287 e. The SMILES string of the molecule is CC(C)(C)C(N1CCCC1)N1CCCC1. The van der Waals surface area contributed by atoms with E-state index in [1.54, 1.807) is 0 Å². The van der Waals surface area contributed by atoms with Crippen molar-refractivity contribution >= 4 is 0 Å². The zero-order valence-corrected chi connectivity index (χ0v) is 10.6. The Morgan fingerprint density at radius 3 is 1.33 bits per heavy atom. The molecule has 0 aromatic carbocycles. The summed E-state index contributed by atoms with van der Waals surface area (Å²) in [7, 11) is 0. The highest BCUT2D eigenvalue weighted by Crippen LogP contribution is 2.31. The van der Waals surface area contributed by atoms with Gasteiger partial charge in [0.1, 0.15) is 0 Å². The first-order valence-electron chi connectivity index (χ1n) is 6.57. The third-order valence-electron chi connectivity index (χ3n) is 3.75. The normalized spacial score (nSPS) is 25.6. The minimum absolute atomic E-state index is 0.397. The number of hydrogen-bond acceptors (Lipinski definition) is 2. The lowest BCUT2D eigenvalue weighted by molar-refractivity contribution is -0.00393. The lowest BCUT2D eigenvalue weighted by Crippen LogP contribution is -2.53. The van der Waals surface area contributed by atoms with E-state index in [-0.39, 0.29) is 0 Å². The van der Waals surface area contributed by atoms with Crippen LogP contribution in [-0.4, -0.2) is 42.1 Å². The zero-order chi connectivity index (χ0) is 10.9. The summed E-state index contributed by atoms with van der Waals surface area (Å²) in [6.07, 6.45) is 6.30. The molecule has 2 heterocycles. The molecule has 0 unspecified atom stereocenters. The molecule has 0 spiro atoms. The first kappa shape index (κ1) is 11.4. The van der Waals surface area contributed by atoms with Crippen LogP contribution in [0.5, 0.6) is 0 Å². The van der Waals surface area contributed by atoms with Crippen molar-refractivity contribution in [3.63, 3.8) is 0 Å². The summed E-state index contributed by atoms with van der Waals surface area (Å²) in [4.78, 5) is 5.43. The van der Waals surface area contributed by atoms with Gasteiger partial charge in [-0.25, -0.2) is 0 Å². The van der Waals surface area contributed by atoms with Crippen LogP contribution in [0.1, 0.15) is 46.5 Å². The maximum Gasteiger partial charge on any atom is 0.0672 e. The first-order valence-corrected chi connectivity index (χ1v) is 6.57. The van der Waals surface area contributed by atoms with Gasteiger partial charge in [0.2, 0.25) is 0 Å². The number of rotatable bonds is 2. The summed E-state index contributed by atoms with van der Waals surface area (Å²) in [5.74, 6) is 0. The van der Waals surface area contributed by atoms with Crippen LogP contribution in [0.3, 0.4) is 0 Å². The van der Waals surface area contributed by atoms with E-state index in [1.165, 1.54) is 51.9 Å². The summed E-state index contributed by atoms with van der Waals surface area (Å²) < 4.78 is 0. The lowest BCUT2D eigenvalue weighted by atomic mass is 9.90. The summed E-state index contributed by atoms with van der Waals surface area (Å²) >= 11 is 0. The Labute approximate surface area is 94.6 Å². The van der Waals surface area contributed by atoms with Crippen LogP contribution in [0.25, 0.3) is 0 Å². The van der Waals surface area contributed by atoms with E-state index in [4.69, 9.17) is 0 Å². The van der Waals surface area contributed by atoms with E-state index >= 15 is 0 Å². The van der Waals surface area contributed by atoms with E-state index in [1.807, 2.05) is 0 Å². The molecule has 0 bridgehead atoms. The van der Waals surface area contributed by atoms with Crippen LogP contribution < -0.4 is 0 Å². The maximum absolute atomic E-state index is 2.71. The predicted molar refractivity (Wildman–Crippen MR) is 64.9 cm³/mol. The van der Waals surface area contributed by atoms with Gasteiger partial charge in [0.05, 0.1) is 6.17 Å². The van der Waals surface area contributed by atoms with Crippen molar-refractivity contribution < 1.29 is 0 Å². The number of nitrogens with zero attached hydrogens (tertiary/aromatic N) is 2. The zero-order valence-electron chi connectivity index (χ0n) is 10.6. The van der Waals surface area contributed by atoms with Gasteiger partial charge in [-0.3, -0.25) is 9.80 Å². The number of likely N-dealkylation sites (tertiary alicyclic amines) is 2. The van der Waals surface area contributed by atoms with Crippen molar-refractivity contribution in [3.8, 4) is 0 Å². The molecule has 0 atom stereocenters. The fourth-order valence-electron chi connectivity index (χ4n) is 3.30. The van der Waals surface area contributed by atoms with Crippen molar-refractivity contribution in [2.24, 2.45) is 5.41 Å². The molecule has 0 amide bonds. The quantitative estimate of drug-likeness (QED) is 0.691. The van der Waals surface area contributed by atoms with Gasteiger partial charge in [0.25, 0.3) is 0 Å². The van der Waals surface area contributed by atoms with E-state index in [0.717, 1.165) is 0 Å². The largest absolute Gasteiger partial charge is 0.287 e. The van der Waals surface area contributed by atoms with Crippen LogP contribution in [-0.2, 0) is 0 Å². The second-order valence-corrected chi connectivity index (χ2v) is 6.23. The second kappa shape index (κ2) is 4.42. The topological polar surface area (TPSA) is 6.48 Å². The predicted octanol–water partition coefficient (Wildman–Crippen LogP) is 2.55. The van der Waals surface area contributed by atoms with Gasteiger partial charge < -0.3 is 0 Å². The molecular formula is C13H26N2. The van der Waals surface area contributed by atoms with Crippen molar-refractivity contribution in [1.29, 1.82) is 0 Å². The van der Waals surface area contributed by atoms with Gasteiger partial charge >= 0.3 is 0 Å². The highest BCUT2D eigenvalue weighted by molar-refractivity contribution is 4.87. The van der Waals surface area contributed by atoms with Crippen molar-refractivity contribution in [2.45, 2.75) is 52.6 Å². The summed E-state index contributed by atoms with van der Waals surface area (Å²) in [6.45, 7) is 12.5. The van der Waals surface area contributed by atoms with Crippen LogP contribution in [0.2, 0.25) is 0 Å². The Balaban J connectivity index is 2.07. The summed E-state index contributed by atoms with van der Waals surface area (Å²) in [5.41, 5.74) is 0.397. The van der Waals surface area contributed by atoms with Gasteiger partial charge in [0, 0.05) is 0 Å². The highest BCUT2D eigenvalue weighted by Gasteiger charge is 2.37. The average Bonchev–Trinajstić information content (AvgIpc) is 2.73. The maximum atomic E-state index is 2.71. The third kappa shape index (κ3) is 2.54. The monoisotopic (exact) mass is 210 g/mol. The smallest absolute Gasteiger partial charge is 0.0672 e. The standard InChI is InChI=1S/C13H26N2/c1-13(2,3)12(14-8-4-5-9-14)15-10-6-7-11-15/h12H,4-11H2,1-3H3. The van der Waals surface area contributed by atoms with Crippen molar-refractivity contribution in [1.82, 2.24) is 9.80 Å². The van der Waals surface area contributed by atoms with Crippen LogP contribution >= 0.6 is 0 Å². The lowest BCUT2D eigenvalue weighted by Gasteiger charge is -2.43. The van der Waals surface area contributed by atoms with Crippen LogP contribution in [0.4, 0.5) is 0 Å². The van der Waals surface area contributed by atoms with E-state index in [0.29, 0.717) is 11.6 Å². The molecule has 0 aliphatic carbocycles. The third-order valence-corrected chi connectivity index (χ3v) is 3.75. The Morgan fingerprint density at radius 1 is 0.733 bits per heavy atom. The van der Waals surface area contributed by atoms with Gasteiger partial charge in [-0.15, -0.1) is 0 Å². The molecular weight excluding hydrogens is 184 g/mol. The highest BCUT2D eigenvalue weighted by atomic mass is 15.4. The van der Waals surface area contributed by atoms with Crippen molar-refractivity contribution in [3.05, 3.63) is 0 Å². The molecule has 2 heteroatoms. The van der Waals surface area contributed by atoms with Gasteiger partial charge in [-0.05, 0) is 57.3 Å². The summed E-state index contributed by atoms with van der Waals surface area (Å²) in [6, 6.07) is 0. The molecule has 2 fully saturated rings. The van der Waals surface area contributed by atoms with E-state index in [9.17, 15) is 0 Å². The molecule has 0 saturated carbocycles. The molecule has 2 nitrogen and oxygen atoms in total.